The first-order valence-electron chi connectivity index (χ1n) is 10.4. The summed E-state index contributed by atoms with van der Waals surface area (Å²) in [6, 6.07) is 3.70. The molecule has 3 rings (SSSR count). The van der Waals surface area contributed by atoms with E-state index in [1.165, 1.54) is 0 Å². The van der Waals surface area contributed by atoms with Gasteiger partial charge in [0.05, 0.1) is 12.1 Å². The van der Waals surface area contributed by atoms with Crippen LogP contribution in [-0.2, 0) is 16.0 Å². The number of aromatic nitrogens is 2. The SMILES string of the molecule is COCCNC(=O)c1ccc2nn(C[C@@H]3CCN(C(=O)OC(C)(C)C)C3)cc2c1C. The molecular formula is C22H32N4O4. The average Bonchev–Trinajstić information content (AvgIpc) is 3.28. The number of nitrogens with one attached hydrogen (secondary N) is 1. The molecule has 1 aliphatic heterocycles. The number of nitrogens with zero attached hydrogens (tertiary/aromatic N) is 3. The van der Waals surface area contributed by atoms with Gasteiger partial charge in [0.15, 0.2) is 0 Å². The third kappa shape index (κ3) is 5.30. The Morgan fingerprint density at radius 2 is 2.07 bits per heavy atom. The van der Waals surface area contributed by atoms with Gasteiger partial charge in [0, 0.05) is 50.4 Å². The maximum absolute atomic E-state index is 12.4. The average molecular weight is 417 g/mol. The summed E-state index contributed by atoms with van der Waals surface area (Å²) in [7, 11) is 1.61. The highest BCUT2D eigenvalue weighted by Gasteiger charge is 2.30. The van der Waals surface area contributed by atoms with E-state index in [4.69, 9.17) is 9.47 Å². The van der Waals surface area contributed by atoms with Gasteiger partial charge >= 0.3 is 6.09 Å². The smallest absolute Gasteiger partial charge is 0.410 e. The zero-order valence-electron chi connectivity index (χ0n) is 18.5. The number of benzene rings is 1. The van der Waals surface area contributed by atoms with Crippen molar-refractivity contribution >= 4 is 22.9 Å². The van der Waals surface area contributed by atoms with Crippen LogP contribution in [0.5, 0.6) is 0 Å². The maximum Gasteiger partial charge on any atom is 0.410 e. The lowest BCUT2D eigenvalue weighted by Crippen LogP contribution is -2.35. The van der Waals surface area contributed by atoms with E-state index in [-0.39, 0.29) is 12.0 Å². The van der Waals surface area contributed by atoms with Crippen LogP contribution < -0.4 is 5.32 Å². The monoisotopic (exact) mass is 416 g/mol. The first kappa shape index (κ1) is 22.1. The Morgan fingerprint density at radius 3 is 2.77 bits per heavy atom. The molecule has 2 amide bonds. The molecule has 0 radical (unpaired) electrons. The van der Waals surface area contributed by atoms with Crippen LogP contribution in [0, 0.1) is 12.8 Å². The van der Waals surface area contributed by atoms with Crippen LogP contribution in [0.4, 0.5) is 4.79 Å². The second-order valence-electron chi connectivity index (χ2n) is 8.85. The van der Waals surface area contributed by atoms with Gasteiger partial charge in [0.2, 0.25) is 0 Å². The number of aryl methyl sites for hydroxylation is 1. The van der Waals surface area contributed by atoms with Crippen LogP contribution in [0.2, 0.25) is 0 Å². The van der Waals surface area contributed by atoms with Gasteiger partial charge in [0.25, 0.3) is 5.91 Å². The number of carbonyl (C=O) groups excluding carboxylic acids is 2. The van der Waals surface area contributed by atoms with Crippen molar-refractivity contribution < 1.29 is 19.1 Å². The summed E-state index contributed by atoms with van der Waals surface area (Å²) < 4.78 is 12.4. The Hall–Kier alpha value is -2.61. The molecule has 0 saturated carbocycles. The molecule has 1 N–H and O–H groups in total. The molecular weight excluding hydrogens is 384 g/mol. The number of amides is 2. The third-order valence-electron chi connectivity index (χ3n) is 5.23. The van der Waals surface area contributed by atoms with E-state index in [2.05, 4.69) is 10.4 Å². The Morgan fingerprint density at radius 1 is 1.30 bits per heavy atom. The minimum Gasteiger partial charge on any atom is -0.444 e. The van der Waals surface area contributed by atoms with Crippen molar-refractivity contribution in [2.45, 2.75) is 46.3 Å². The molecule has 1 aliphatic rings. The first-order valence-corrected chi connectivity index (χ1v) is 10.4. The van der Waals surface area contributed by atoms with Crippen LogP contribution in [-0.4, -0.2) is 65.6 Å². The molecule has 8 heteroatoms. The lowest BCUT2D eigenvalue weighted by atomic mass is 10.0. The fourth-order valence-electron chi connectivity index (χ4n) is 3.72. The van der Waals surface area contributed by atoms with Gasteiger partial charge < -0.3 is 19.7 Å². The van der Waals surface area contributed by atoms with E-state index in [9.17, 15) is 9.59 Å². The van der Waals surface area contributed by atoms with Crippen LogP contribution >= 0.6 is 0 Å². The maximum atomic E-state index is 12.4. The normalized spacial score (nSPS) is 16.8. The number of ether oxygens (including phenoxy) is 2. The molecule has 30 heavy (non-hydrogen) atoms. The standard InChI is InChI=1S/C22H32N4O4/c1-15-17(20(27)23-9-11-29-5)6-7-19-18(15)14-26(24-19)13-16-8-10-25(12-16)21(28)30-22(2,3)4/h6-7,14,16H,8-13H2,1-5H3,(H,23,27)/t16-/m1/s1. The van der Waals surface area contributed by atoms with Gasteiger partial charge in [-0.3, -0.25) is 9.48 Å². The molecule has 1 aromatic heterocycles. The van der Waals surface area contributed by atoms with Crippen LogP contribution in [0.1, 0.15) is 43.1 Å². The molecule has 2 aromatic rings. The highest BCUT2D eigenvalue weighted by Crippen LogP contribution is 2.24. The second-order valence-corrected chi connectivity index (χ2v) is 8.85. The van der Waals surface area contributed by atoms with Crippen LogP contribution in [0.25, 0.3) is 10.9 Å². The third-order valence-corrected chi connectivity index (χ3v) is 5.23. The second kappa shape index (κ2) is 9.04. The van der Waals surface area contributed by atoms with Gasteiger partial charge in [-0.25, -0.2) is 4.79 Å². The van der Waals surface area contributed by atoms with E-state index in [1.54, 1.807) is 12.0 Å². The van der Waals surface area contributed by atoms with E-state index in [1.807, 2.05) is 50.7 Å². The lowest BCUT2D eigenvalue weighted by molar-refractivity contribution is 0.0286. The van der Waals surface area contributed by atoms with E-state index in [0.29, 0.717) is 37.7 Å². The van der Waals surface area contributed by atoms with Gasteiger partial charge in [-0.2, -0.15) is 5.10 Å². The molecule has 0 bridgehead atoms. The number of likely N-dealkylation sites (tertiary alicyclic amines) is 1. The number of methoxy groups -OCH3 is 1. The van der Waals surface area contributed by atoms with Gasteiger partial charge in [-0.15, -0.1) is 0 Å². The number of rotatable bonds is 6. The number of hydrogen-bond donors (Lipinski definition) is 1. The highest BCUT2D eigenvalue weighted by atomic mass is 16.6. The molecule has 0 aliphatic carbocycles. The Labute approximate surface area is 177 Å². The van der Waals surface area contributed by atoms with Crippen molar-refractivity contribution in [2.75, 3.05) is 33.4 Å². The topological polar surface area (TPSA) is 85.7 Å². The summed E-state index contributed by atoms with van der Waals surface area (Å²) in [6.07, 6.45) is 2.66. The first-order chi connectivity index (χ1) is 14.2. The summed E-state index contributed by atoms with van der Waals surface area (Å²) in [6.45, 7) is 10.6. The summed E-state index contributed by atoms with van der Waals surface area (Å²) in [4.78, 5) is 26.5. The summed E-state index contributed by atoms with van der Waals surface area (Å²) in [5.41, 5.74) is 1.94. The largest absolute Gasteiger partial charge is 0.444 e. The molecule has 1 atom stereocenters. The predicted molar refractivity (Wildman–Crippen MR) is 115 cm³/mol. The zero-order chi connectivity index (χ0) is 21.9. The fourth-order valence-corrected chi connectivity index (χ4v) is 3.72. The van der Waals surface area contributed by atoms with E-state index < -0.39 is 5.60 Å². The van der Waals surface area contributed by atoms with Gasteiger partial charge in [-0.05, 0) is 57.7 Å². The Kier molecular flexibility index (Phi) is 6.65. The minimum atomic E-state index is -0.486. The minimum absolute atomic E-state index is 0.108. The number of hydrogen-bond acceptors (Lipinski definition) is 5. The summed E-state index contributed by atoms with van der Waals surface area (Å²) in [5.74, 6) is 0.215. The molecule has 1 aromatic carbocycles. The highest BCUT2D eigenvalue weighted by molar-refractivity contribution is 6.00. The van der Waals surface area contributed by atoms with Crippen LogP contribution in [0.3, 0.4) is 0 Å². The number of carbonyl (C=O) groups is 2. The number of fused-ring (bicyclic) bond motifs is 1. The molecule has 1 saturated heterocycles. The summed E-state index contributed by atoms with van der Waals surface area (Å²) >= 11 is 0. The Bertz CT molecular complexity index is 916. The van der Waals surface area contributed by atoms with Crippen molar-refractivity contribution in [1.82, 2.24) is 20.0 Å². The van der Waals surface area contributed by atoms with E-state index in [0.717, 1.165) is 29.4 Å². The molecule has 1 fully saturated rings. The van der Waals surface area contributed by atoms with Crippen molar-refractivity contribution in [3.05, 3.63) is 29.5 Å². The van der Waals surface area contributed by atoms with Crippen LogP contribution in [0.15, 0.2) is 18.3 Å². The predicted octanol–water partition coefficient (Wildman–Crippen LogP) is 2.98. The van der Waals surface area contributed by atoms with Gasteiger partial charge in [-0.1, -0.05) is 0 Å². The fraction of sp³-hybridized carbons (Fsp3) is 0.591. The molecule has 0 unspecified atom stereocenters. The zero-order valence-corrected chi connectivity index (χ0v) is 18.5. The van der Waals surface area contributed by atoms with Crippen molar-refractivity contribution in [1.29, 1.82) is 0 Å². The lowest BCUT2D eigenvalue weighted by Gasteiger charge is -2.24. The quantitative estimate of drug-likeness (QED) is 0.732. The Balaban J connectivity index is 1.66. The summed E-state index contributed by atoms with van der Waals surface area (Å²) in [5, 5.41) is 8.50. The molecule has 8 nitrogen and oxygen atoms in total. The molecule has 0 spiro atoms. The van der Waals surface area contributed by atoms with Crippen molar-refractivity contribution in [3.8, 4) is 0 Å². The van der Waals surface area contributed by atoms with E-state index >= 15 is 0 Å². The van der Waals surface area contributed by atoms with Gasteiger partial charge in [0.1, 0.15) is 5.60 Å². The molecule has 2 heterocycles. The van der Waals surface area contributed by atoms with Crippen molar-refractivity contribution in [2.24, 2.45) is 5.92 Å². The molecule has 164 valence electrons. The van der Waals surface area contributed by atoms with Crippen molar-refractivity contribution in [3.63, 3.8) is 0 Å².